The predicted octanol–water partition coefficient (Wildman–Crippen LogP) is 3.50. The van der Waals surface area contributed by atoms with Crippen molar-refractivity contribution in [1.82, 2.24) is 4.98 Å². The molecule has 1 aromatic heterocycles. The molecule has 1 amide bonds. The van der Waals surface area contributed by atoms with E-state index in [1.807, 2.05) is 18.2 Å². The summed E-state index contributed by atoms with van der Waals surface area (Å²) in [5, 5.41) is 2.83. The smallest absolute Gasteiger partial charge is 0.227 e. The van der Waals surface area contributed by atoms with Gasteiger partial charge in [-0.3, -0.25) is 4.79 Å². The number of thiazole rings is 1. The number of hydrogen-bond donors (Lipinski definition) is 1. The number of fused-ring (bicyclic) bond motifs is 1. The molecule has 0 bridgehead atoms. The number of sulfone groups is 1. The number of nitrogens with zero attached hydrogens (tertiary/aromatic N) is 1. The molecule has 140 valence electrons. The Kier molecular flexibility index (Phi) is 4.61. The van der Waals surface area contributed by atoms with E-state index < -0.39 is 9.84 Å². The molecule has 1 N–H and O–H groups in total. The first-order chi connectivity index (χ1) is 12.9. The van der Waals surface area contributed by atoms with Crippen LogP contribution in [0.2, 0.25) is 0 Å². The second-order valence-electron chi connectivity index (χ2n) is 6.65. The monoisotopic (exact) mass is 402 g/mol. The molecule has 27 heavy (non-hydrogen) atoms. The summed E-state index contributed by atoms with van der Waals surface area (Å²) in [6, 6.07) is 12.0. The van der Waals surface area contributed by atoms with E-state index in [1.165, 1.54) is 12.1 Å². The lowest BCUT2D eigenvalue weighted by Crippen LogP contribution is -2.40. The van der Waals surface area contributed by atoms with Gasteiger partial charge < -0.3 is 10.1 Å². The minimum Gasteiger partial charge on any atom is -0.488 e. The Hall–Kier alpha value is -2.45. The van der Waals surface area contributed by atoms with E-state index in [1.54, 1.807) is 29.0 Å². The predicted molar refractivity (Wildman–Crippen MR) is 105 cm³/mol. The third kappa shape index (κ3) is 3.81. The van der Waals surface area contributed by atoms with Crippen LogP contribution in [0.5, 0.6) is 5.75 Å². The maximum atomic E-state index is 12.4. The first-order valence-electron chi connectivity index (χ1n) is 8.50. The molecule has 8 heteroatoms. The van der Waals surface area contributed by atoms with Crippen molar-refractivity contribution in [2.75, 3.05) is 11.6 Å². The second-order valence-corrected chi connectivity index (χ2v) is 9.55. The topological polar surface area (TPSA) is 85.4 Å². The normalized spacial score (nSPS) is 19.4. The van der Waals surface area contributed by atoms with Crippen molar-refractivity contribution in [1.29, 1.82) is 0 Å². The van der Waals surface area contributed by atoms with Crippen LogP contribution in [0.4, 0.5) is 5.69 Å². The van der Waals surface area contributed by atoms with Gasteiger partial charge in [0.2, 0.25) is 5.91 Å². The Morgan fingerprint density at radius 1 is 1.19 bits per heavy atom. The molecule has 0 spiro atoms. The fraction of sp³-hybridized carbons (Fsp3) is 0.263. The molecule has 3 aromatic rings. The molecule has 4 rings (SSSR count). The summed E-state index contributed by atoms with van der Waals surface area (Å²) < 4.78 is 30.0. The summed E-state index contributed by atoms with van der Waals surface area (Å²) in [7, 11) is -3.24. The molecule has 0 aliphatic heterocycles. The van der Waals surface area contributed by atoms with E-state index in [-0.39, 0.29) is 22.8 Å². The average molecular weight is 402 g/mol. The Morgan fingerprint density at radius 3 is 2.63 bits per heavy atom. The second kappa shape index (κ2) is 6.94. The van der Waals surface area contributed by atoms with Crippen LogP contribution in [0.25, 0.3) is 10.2 Å². The van der Waals surface area contributed by atoms with Gasteiger partial charge in [0.05, 0.1) is 15.1 Å². The molecule has 6 nitrogen and oxygen atoms in total. The highest BCUT2D eigenvalue weighted by atomic mass is 32.2. The Balaban J connectivity index is 1.33. The Morgan fingerprint density at radius 2 is 1.93 bits per heavy atom. The number of anilines is 1. The third-order valence-electron chi connectivity index (χ3n) is 4.63. The van der Waals surface area contributed by atoms with Crippen molar-refractivity contribution < 1.29 is 17.9 Å². The standard InChI is InChI=1S/C19H18N2O4S2/c1-27(23,24)15-7-5-13(6-8-15)21-19(22)12-9-14(10-12)25-16-3-2-4-17-18(16)20-11-26-17/h2-8,11-12,14H,9-10H2,1H3,(H,21,22). The molecule has 1 fully saturated rings. The maximum Gasteiger partial charge on any atom is 0.227 e. The van der Waals surface area contributed by atoms with Crippen molar-refractivity contribution in [2.45, 2.75) is 23.8 Å². The number of carbonyl (C=O) groups is 1. The summed E-state index contributed by atoms with van der Waals surface area (Å²) in [5.41, 5.74) is 3.24. The van der Waals surface area contributed by atoms with E-state index in [2.05, 4.69) is 10.3 Å². The minimum atomic E-state index is -3.24. The first-order valence-corrected chi connectivity index (χ1v) is 11.3. The molecule has 0 radical (unpaired) electrons. The SMILES string of the molecule is CS(=O)(=O)c1ccc(NC(=O)C2CC(Oc3cccc4scnc34)C2)cc1. The van der Waals surface area contributed by atoms with Crippen LogP contribution in [0, 0.1) is 5.92 Å². The van der Waals surface area contributed by atoms with E-state index in [9.17, 15) is 13.2 Å². The van der Waals surface area contributed by atoms with Gasteiger partial charge >= 0.3 is 0 Å². The Bertz CT molecular complexity index is 1080. The zero-order chi connectivity index (χ0) is 19.0. The van der Waals surface area contributed by atoms with Crippen LogP contribution in [0.15, 0.2) is 52.9 Å². The summed E-state index contributed by atoms with van der Waals surface area (Å²) in [5.74, 6) is 0.571. The van der Waals surface area contributed by atoms with Crippen molar-refractivity contribution in [2.24, 2.45) is 5.92 Å². The lowest BCUT2D eigenvalue weighted by Gasteiger charge is -2.34. The fourth-order valence-electron chi connectivity index (χ4n) is 3.04. The van der Waals surface area contributed by atoms with Gasteiger partial charge in [0.25, 0.3) is 0 Å². The number of para-hydroxylation sites is 1. The maximum absolute atomic E-state index is 12.4. The molecule has 1 heterocycles. The van der Waals surface area contributed by atoms with E-state index in [0.29, 0.717) is 18.5 Å². The van der Waals surface area contributed by atoms with Crippen molar-refractivity contribution >= 4 is 43.0 Å². The highest BCUT2D eigenvalue weighted by Crippen LogP contribution is 2.35. The van der Waals surface area contributed by atoms with Gasteiger partial charge in [0, 0.05) is 17.9 Å². The number of nitrogens with one attached hydrogen (secondary N) is 1. The van der Waals surface area contributed by atoms with Gasteiger partial charge in [-0.2, -0.15) is 0 Å². The van der Waals surface area contributed by atoms with Crippen molar-refractivity contribution in [3.8, 4) is 5.75 Å². The van der Waals surface area contributed by atoms with Crippen LogP contribution in [0.3, 0.4) is 0 Å². The van der Waals surface area contributed by atoms with E-state index in [4.69, 9.17) is 4.74 Å². The lowest BCUT2D eigenvalue weighted by atomic mass is 9.81. The summed E-state index contributed by atoms with van der Waals surface area (Å²) in [6.45, 7) is 0. The molecule has 1 aliphatic carbocycles. The van der Waals surface area contributed by atoms with Crippen LogP contribution in [0.1, 0.15) is 12.8 Å². The van der Waals surface area contributed by atoms with Crippen LogP contribution < -0.4 is 10.1 Å². The van der Waals surface area contributed by atoms with Gasteiger partial charge in [0.15, 0.2) is 9.84 Å². The third-order valence-corrected chi connectivity index (χ3v) is 6.56. The zero-order valence-electron chi connectivity index (χ0n) is 14.6. The summed E-state index contributed by atoms with van der Waals surface area (Å²) >= 11 is 1.57. The van der Waals surface area contributed by atoms with E-state index >= 15 is 0 Å². The molecular weight excluding hydrogens is 384 g/mol. The lowest BCUT2D eigenvalue weighted by molar-refractivity contribution is -0.125. The number of amides is 1. The van der Waals surface area contributed by atoms with Crippen molar-refractivity contribution in [3.05, 3.63) is 48.0 Å². The number of ether oxygens (including phenoxy) is 1. The quantitative estimate of drug-likeness (QED) is 0.706. The highest BCUT2D eigenvalue weighted by molar-refractivity contribution is 7.90. The first kappa shape index (κ1) is 17.9. The highest BCUT2D eigenvalue weighted by Gasteiger charge is 2.36. The van der Waals surface area contributed by atoms with Gasteiger partial charge in [0.1, 0.15) is 17.4 Å². The molecule has 0 atom stereocenters. The van der Waals surface area contributed by atoms with Crippen LogP contribution in [-0.4, -0.2) is 31.7 Å². The summed E-state index contributed by atoms with van der Waals surface area (Å²) in [4.78, 5) is 16.9. The molecular formula is C19H18N2O4S2. The largest absolute Gasteiger partial charge is 0.488 e. The Labute approximate surface area is 161 Å². The van der Waals surface area contributed by atoms with Gasteiger partial charge in [-0.15, -0.1) is 11.3 Å². The molecule has 1 saturated carbocycles. The van der Waals surface area contributed by atoms with Gasteiger partial charge in [-0.05, 0) is 49.2 Å². The summed E-state index contributed by atoms with van der Waals surface area (Å²) in [6.07, 6.45) is 2.45. The van der Waals surface area contributed by atoms with Gasteiger partial charge in [-0.25, -0.2) is 13.4 Å². The number of benzene rings is 2. The molecule has 0 unspecified atom stereocenters. The molecule has 1 aliphatic rings. The van der Waals surface area contributed by atoms with Crippen molar-refractivity contribution in [3.63, 3.8) is 0 Å². The van der Waals surface area contributed by atoms with Gasteiger partial charge in [-0.1, -0.05) is 6.07 Å². The molecule has 0 saturated heterocycles. The van der Waals surface area contributed by atoms with E-state index in [0.717, 1.165) is 22.2 Å². The number of aromatic nitrogens is 1. The average Bonchev–Trinajstić information content (AvgIpc) is 3.06. The van der Waals surface area contributed by atoms with Crippen LogP contribution in [-0.2, 0) is 14.6 Å². The number of rotatable bonds is 5. The fourth-order valence-corrected chi connectivity index (χ4v) is 4.36. The zero-order valence-corrected chi connectivity index (χ0v) is 16.2. The number of carbonyl (C=O) groups excluding carboxylic acids is 1. The number of hydrogen-bond acceptors (Lipinski definition) is 6. The van der Waals surface area contributed by atoms with Crippen LogP contribution >= 0.6 is 11.3 Å². The molecule has 2 aromatic carbocycles. The minimum absolute atomic E-state index is 0.000611.